The zero-order chi connectivity index (χ0) is 24.2. The molecule has 1 atom stereocenters. The highest BCUT2D eigenvalue weighted by Gasteiger charge is 2.31. The number of benzene rings is 1. The zero-order valence-electron chi connectivity index (χ0n) is 20.2. The molecule has 1 heterocycles. The molecule has 0 aliphatic heterocycles. The maximum Gasteiger partial charge on any atom is 0.243 e. The Morgan fingerprint density at radius 3 is 2.42 bits per heavy atom. The summed E-state index contributed by atoms with van der Waals surface area (Å²) in [5.41, 5.74) is 0.697. The second kappa shape index (κ2) is 11.0. The van der Waals surface area contributed by atoms with Crippen LogP contribution in [-0.2, 0) is 14.8 Å². The van der Waals surface area contributed by atoms with E-state index in [0.717, 1.165) is 25.8 Å². The minimum absolute atomic E-state index is 0.0985. The molecule has 2 aromatic rings. The van der Waals surface area contributed by atoms with Crippen LogP contribution >= 0.6 is 11.8 Å². The standard InChI is InChI=1S/C23H35N5O3S2/c1-6-17(5)28-22(18-11-10-12-20(15-18)33(30,31)26(7-2)8-3)24-25-23(28)32-16-21(29)27(9-4)19-13-14-19/h10-12,15,17,19H,6-9,13-14,16H2,1-5H3. The second-order valence-electron chi connectivity index (χ2n) is 8.25. The third-order valence-corrected chi connectivity index (χ3v) is 9.08. The first-order valence-corrected chi connectivity index (χ1v) is 14.2. The van der Waals surface area contributed by atoms with E-state index in [0.29, 0.717) is 41.4 Å². The number of sulfonamides is 1. The lowest BCUT2D eigenvalue weighted by molar-refractivity contribution is -0.128. The molecule has 1 aliphatic carbocycles. The molecule has 1 aliphatic rings. The Bertz CT molecular complexity index is 1060. The summed E-state index contributed by atoms with van der Waals surface area (Å²) >= 11 is 1.40. The van der Waals surface area contributed by atoms with Crippen molar-refractivity contribution in [3.8, 4) is 11.4 Å². The minimum Gasteiger partial charge on any atom is -0.339 e. The van der Waals surface area contributed by atoms with E-state index in [9.17, 15) is 13.2 Å². The summed E-state index contributed by atoms with van der Waals surface area (Å²) in [5, 5.41) is 9.47. The molecule has 8 nitrogen and oxygen atoms in total. The van der Waals surface area contributed by atoms with E-state index >= 15 is 0 Å². The average Bonchev–Trinajstić information content (AvgIpc) is 3.56. The smallest absolute Gasteiger partial charge is 0.243 e. The number of nitrogens with zero attached hydrogens (tertiary/aromatic N) is 5. The van der Waals surface area contributed by atoms with Gasteiger partial charge in [0.15, 0.2) is 11.0 Å². The van der Waals surface area contributed by atoms with Crippen molar-refractivity contribution in [1.29, 1.82) is 0 Å². The number of carbonyl (C=O) groups excluding carboxylic acids is 1. The molecule has 0 saturated heterocycles. The highest BCUT2D eigenvalue weighted by Crippen LogP contribution is 2.32. The van der Waals surface area contributed by atoms with Crippen LogP contribution in [-0.4, -0.2) is 69.7 Å². The Morgan fingerprint density at radius 1 is 1.15 bits per heavy atom. The number of rotatable bonds is 12. The van der Waals surface area contributed by atoms with Gasteiger partial charge >= 0.3 is 0 Å². The predicted molar refractivity (Wildman–Crippen MR) is 132 cm³/mol. The van der Waals surface area contributed by atoms with Crippen molar-refractivity contribution in [3.63, 3.8) is 0 Å². The number of aromatic nitrogens is 3. The maximum atomic E-state index is 13.0. The van der Waals surface area contributed by atoms with Gasteiger partial charge in [0, 0.05) is 37.3 Å². The number of amides is 1. The van der Waals surface area contributed by atoms with Crippen molar-refractivity contribution in [3.05, 3.63) is 24.3 Å². The van der Waals surface area contributed by atoms with Gasteiger partial charge in [-0.1, -0.05) is 44.7 Å². The Balaban J connectivity index is 1.91. The molecule has 1 fully saturated rings. The summed E-state index contributed by atoms with van der Waals surface area (Å²) in [4.78, 5) is 14.9. The molecule has 0 spiro atoms. The SMILES string of the molecule is CCC(C)n1c(SCC(=O)N(CC)C2CC2)nnc1-c1cccc(S(=O)(=O)N(CC)CC)c1. The predicted octanol–water partition coefficient (Wildman–Crippen LogP) is 4.05. The molecule has 0 N–H and O–H groups in total. The van der Waals surface area contributed by atoms with Crippen LogP contribution in [0, 0.1) is 0 Å². The lowest BCUT2D eigenvalue weighted by Crippen LogP contribution is -2.34. The van der Waals surface area contributed by atoms with Gasteiger partial charge in [0.2, 0.25) is 15.9 Å². The number of hydrogen-bond donors (Lipinski definition) is 0. The lowest BCUT2D eigenvalue weighted by Gasteiger charge is -2.21. The van der Waals surface area contributed by atoms with Gasteiger partial charge in [-0.3, -0.25) is 9.36 Å². The number of thioether (sulfide) groups is 1. The van der Waals surface area contributed by atoms with E-state index in [-0.39, 0.29) is 16.8 Å². The van der Waals surface area contributed by atoms with E-state index in [1.54, 1.807) is 18.2 Å². The largest absolute Gasteiger partial charge is 0.339 e. The molecule has 3 rings (SSSR count). The van der Waals surface area contributed by atoms with Crippen LogP contribution in [0.1, 0.15) is 59.9 Å². The van der Waals surface area contributed by atoms with E-state index in [1.165, 1.54) is 16.1 Å². The fraction of sp³-hybridized carbons (Fsp3) is 0.609. The van der Waals surface area contributed by atoms with Gasteiger partial charge in [-0.15, -0.1) is 10.2 Å². The van der Waals surface area contributed by atoms with Crippen LogP contribution < -0.4 is 0 Å². The first-order chi connectivity index (χ1) is 15.8. The Labute approximate surface area is 201 Å². The highest BCUT2D eigenvalue weighted by atomic mass is 32.2. The third kappa shape index (κ3) is 5.60. The first kappa shape index (κ1) is 25.7. The molecule has 33 heavy (non-hydrogen) atoms. The van der Waals surface area contributed by atoms with Crippen molar-refractivity contribution in [2.45, 2.75) is 76.0 Å². The van der Waals surface area contributed by atoms with E-state index < -0.39 is 10.0 Å². The van der Waals surface area contributed by atoms with Crippen molar-refractivity contribution in [1.82, 2.24) is 24.0 Å². The van der Waals surface area contributed by atoms with Crippen LogP contribution in [0.5, 0.6) is 0 Å². The summed E-state index contributed by atoms with van der Waals surface area (Å²) in [6.45, 7) is 11.4. The highest BCUT2D eigenvalue weighted by molar-refractivity contribution is 7.99. The molecule has 10 heteroatoms. The van der Waals surface area contributed by atoms with Crippen molar-refractivity contribution < 1.29 is 13.2 Å². The van der Waals surface area contributed by atoms with Crippen LogP contribution in [0.3, 0.4) is 0 Å². The van der Waals surface area contributed by atoms with Crippen LogP contribution in [0.2, 0.25) is 0 Å². The Hall–Kier alpha value is -1.91. The van der Waals surface area contributed by atoms with Gasteiger partial charge in [0.25, 0.3) is 0 Å². The monoisotopic (exact) mass is 493 g/mol. The van der Waals surface area contributed by atoms with Gasteiger partial charge in [-0.05, 0) is 45.2 Å². The number of carbonyl (C=O) groups is 1. The zero-order valence-corrected chi connectivity index (χ0v) is 21.8. The molecular weight excluding hydrogens is 458 g/mol. The Morgan fingerprint density at radius 2 is 1.85 bits per heavy atom. The van der Waals surface area contributed by atoms with Crippen molar-refractivity contribution in [2.75, 3.05) is 25.4 Å². The fourth-order valence-electron chi connectivity index (χ4n) is 3.89. The summed E-state index contributed by atoms with van der Waals surface area (Å²) in [6, 6.07) is 7.37. The molecule has 1 aromatic heterocycles. The lowest BCUT2D eigenvalue weighted by atomic mass is 10.2. The third-order valence-electron chi connectivity index (χ3n) is 6.10. The van der Waals surface area contributed by atoms with E-state index in [1.807, 2.05) is 36.3 Å². The van der Waals surface area contributed by atoms with Crippen LogP contribution in [0.4, 0.5) is 0 Å². The van der Waals surface area contributed by atoms with E-state index in [2.05, 4.69) is 24.0 Å². The van der Waals surface area contributed by atoms with Crippen molar-refractivity contribution in [2.24, 2.45) is 0 Å². The summed E-state index contributed by atoms with van der Waals surface area (Å²) in [7, 11) is -3.58. The summed E-state index contributed by atoms with van der Waals surface area (Å²) < 4.78 is 29.5. The molecule has 1 saturated carbocycles. The molecule has 0 radical (unpaired) electrons. The first-order valence-electron chi connectivity index (χ1n) is 11.8. The van der Waals surface area contributed by atoms with Gasteiger partial charge in [-0.2, -0.15) is 4.31 Å². The van der Waals surface area contributed by atoms with Crippen molar-refractivity contribution >= 4 is 27.7 Å². The topological polar surface area (TPSA) is 88.4 Å². The fourth-order valence-corrected chi connectivity index (χ4v) is 6.32. The molecule has 1 aromatic carbocycles. The summed E-state index contributed by atoms with van der Waals surface area (Å²) in [6.07, 6.45) is 3.03. The molecule has 1 unspecified atom stereocenters. The molecular formula is C23H35N5O3S2. The Kier molecular flexibility index (Phi) is 8.58. The second-order valence-corrected chi connectivity index (χ2v) is 11.1. The van der Waals surface area contributed by atoms with E-state index in [4.69, 9.17) is 0 Å². The average molecular weight is 494 g/mol. The maximum absolute atomic E-state index is 13.0. The van der Waals surface area contributed by atoms with Gasteiger partial charge < -0.3 is 4.90 Å². The van der Waals surface area contributed by atoms with Gasteiger partial charge in [-0.25, -0.2) is 8.42 Å². The minimum atomic E-state index is -3.58. The van der Waals surface area contributed by atoms with Crippen LogP contribution in [0.25, 0.3) is 11.4 Å². The van der Waals surface area contributed by atoms with Crippen LogP contribution in [0.15, 0.2) is 34.3 Å². The van der Waals surface area contributed by atoms with Gasteiger partial charge in [0.05, 0.1) is 10.6 Å². The normalized spacial score (nSPS) is 15.1. The molecule has 182 valence electrons. The van der Waals surface area contributed by atoms with Gasteiger partial charge in [0.1, 0.15) is 0 Å². The molecule has 1 amide bonds. The summed E-state index contributed by atoms with van der Waals surface area (Å²) in [5.74, 6) is 1.05. The molecule has 0 bridgehead atoms. The number of hydrogen-bond acceptors (Lipinski definition) is 6. The quantitative estimate of drug-likeness (QED) is 0.415.